The van der Waals surface area contributed by atoms with Crippen molar-refractivity contribution in [2.75, 3.05) is 14.2 Å². The SMILES string of the molecule is COc1ccc(CNC(=O)CCn2nc(-c3ccc(Cl)cc3)ccc2=O)c(OC)c1. The maximum Gasteiger partial charge on any atom is 0.266 e. The fourth-order valence-electron chi connectivity index (χ4n) is 2.87. The van der Waals surface area contributed by atoms with Gasteiger partial charge in [-0.1, -0.05) is 23.7 Å². The topological polar surface area (TPSA) is 82.5 Å². The second-order valence-corrected chi connectivity index (χ2v) is 6.93. The fourth-order valence-corrected chi connectivity index (χ4v) is 3.00. The molecule has 8 heteroatoms. The van der Waals surface area contributed by atoms with Crippen LogP contribution in [0.5, 0.6) is 11.5 Å². The van der Waals surface area contributed by atoms with Gasteiger partial charge in [0.05, 0.1) is 26.5 Å². The zero-order chi connectivity index (χ0) is 21.5. The molecule has 0 saturated carbocycles. The molecule has 0 aliphatic rings. The lowest BCUT2D eigenvalue weighted by Gasteiger charge is -2.12. The van der Waals surface area contributed by atoms with Crippen LogP contribution in [0.1, 0.15) is 12.0 Å². The Kier molecular flexibility index (Phi) is 7.08. The molecule has 3 rings (SSSR count). The molecule has 1 N–H and O–H groups in total. The predicted molar refractivity (Wildman–Crippen MR) is 115 cm³/mol. The summed E-state index contributed by atoms with van der Waals surface area (Å²) in [6.45, 7) is 0.477. The minimum absolute atomic E-state index is 0.120. The molecule has 0 spiro atoms. The number of rotatable bonds is 8. The van der Waals surface area contributed by atoms with Crippen LogP contribution in [0, 0.1) is 0 Å². The largest absolute Gasteiger partial charge is 0.497 e. The first-order valence-electron chi connectivity index (χ1n) is 9.32. The molecular formula is C22H22ClN3O4. The van der Waals surface area contributed by atoms with E-state index in [0.717, 1.165) is 11.1 Å². The summed E-state index contributed by atoms with van der Waals surface area (Å²) in [4.78, 5) is 24.4. The van der Waals surface area contributed by atoms with E-state index in [4.69, 9.17) is 21.1 Å². The summed E-state index contributed by atoms with van der Waals surface area (Å²) in [6, 6.07) is 15.7. The van der Waals surface area contributed by atoms with E-state index in [2.05, 4.69) is 10.4 Å². The van der Waals surface area contributed by atoms with Gasteiger partial charge >= 0.3 is 0 Å². The minimum Gasteiger partial charge on any atom is -0.497 e. The third kappa shape index (κ3) is 5.39. The van der Waals surface area contributed by atoms with Crippen molar-refractivity contribution in [2.24, 2.45) is 0 Å². The van der Waals surface area contributed by atoms with E-state index in [9.17, 15) is 9.59 Å². The number of methoxy groups -OCH3 is 2. The molecular weight excluding hydrogens is 406 g/mol. The molecule has 30 heavy (non-hydrogen) atoms. The molecule has 1 heterocycles. The highest BCUT2D eigenvalue weighted by molar-refractivity contribution is 6.30. The first-order valence-corrected chi connectivity index (χ1v) is 9.69. The molecule has 0 saturated heterocycles. The Morgan fingerprint density at radius 2 is 1.83 bits per heavy atom. The summed E-state index contributed by atoms with van der Waals surface area (Å²) in [6.07, 6.45) is 0.120. The van der Waals surface area contributed by atoms with Crippen molar-refractivity contribution in [2.45, 2.75) is 19.5 Å². The lowest BCUT2D eigenvalue weighted by atomic mass is 10.1. The molecule has 0 aliphatic heterocycles. The Labute approximate surface area is 179 Å². The van der Waals surface area contributed by atoms with Crippen molar-refractivity contribution >= 4 is 17.5 Å². The average molecular weight is 428 g/mol. The van der Waals surface area contributed by atoms with Gasteiger partial charge in [-0.05, 0) is 30.3 Å². The smallest absolute Gasteiger partial charge is 0.266 e. The Bertz CT molecular complexity index is 1080. The quantitative estimate of drug-likeness (QED) is 0.596. The summed E-state index contributed by atoms with van der Waals surface area (Å²) in [7, 11) is 3.14. The lowest BCUT2D eigenvalue weighted by molar-refractivity contribution is -0.121. The Morgan fingerprint density at radius 3 is 2.53 bits per heavy atom. The van der Waals surface area contributed by atoms with E-state index in [1.807, 2.05) is 18.2 Å². The summed E-state index contributed by atoms with van der Waals surface area (Å²) >= 11 is 5.91. The van der Waals surface area contributed by atoms with Crippen molar-refractivity contribution in [1.29, 1.82) is 0 Å². The molecule has 1 amide bonds. The molecule has 0 atom stereocenters. The molecule has 0 aliphatic carbocycles. The Balaban J connectivity index is 1.61. The van der Waals surface area contributed by atoms with Gasteiger partial charge in [0.2, 0.25) is 5.91 Å². The maximum absolute atomic E-state index is 12.3. The van der Waals surface area contributed by atoms with Crippen LogP contribution in [-0.4, -0.2) is 29.9 Å². The third-order valence-electron chi connectivity index (χ3n) is 4.53. The Hall–Kier alpha value is -3.32. The van der Waals surface area contributed by atoms with E-state index in [1.165, 1.54) is 10.7 Å². The van der Waals surface area contributed by atoms with Crippen molar-refractivity contribution in [3.8, 4) is 22.8 Å². The number of hydrogen-bond donors (Lipinski definition) is 1. The van der Waals surface area contributed by atoms with Crippen LogP contribution < -0.4 is 20.3 Å². The van der Waals surface area contributed by atoms with Crippen molar-refractivity contribution in [1.82, 2.24) is 15.1 Å². The highest BCUT2D eigenvalue weighted by Gasteiger charge is 2.09. The molecule has 156 valence electrons. The minimum atomic E-state index is -0.266. The number of nitrogens with zero attached hydrogens (tertiary/aromatic N) is 2. The standard InChI is InChI=1S/C22H22ClN3O4/c1-29-18-8-5-16(20(13-18)30-2)14-24-21(27)11-12-26-22(28)10-9-19(25-26)15-3-6-17(23)7-4-15/h3-10,13H,11-12,14H2,1-2H3,(H,24,27). The number of benzene rings is 2. The summed E-state index contributed by atoms with van der Waals surface area (Å²) in [5.41, 5.74) is 2.03. The number of aryl methyl sites for hydroxylation is 1. The van der Waals surface area contributed by atoms with E-state index in [1.54, 1.807) is 44.6 Å². The van der Waals surface area contributed by atoms with Crippen molar-refractivity contribution in [3.05, 3.63) is 75.5 Å². The first kappa shape index (κ1) is 21.4. The average Bonchev–Trinajstić information content (AvgIpc) is 2.77. The van der Waals surface area contributed by atoms with E-state index in [-0.39, 0.29) is 24.4 Å². The first-order chi connectivity index (χ1) is 14.5. The number of hydrogen-bond acceptors (Lipinski definition) is 5. The normalized spacial score (nSPS) is 10.5. The van der Waals surface area contributed by atoms with Gasteiger partial charge in [-0.2, -0.15) is 5.10 Å². The maximum atomic E-state index is 12.3. The summed E-state index contributed by atoms with van der Waals surface area (Å²) in [5, 5.41) is 7.81. The van der Waals surface area contributed by atoms with Crippen LogP contribution in [0.3, 0.4) is 0 Å². The van der Waals surface area contributed by atoms with Gasteiger partial charge in [0.1, 0.15) is 11.5 Å². The van der Waals surface area contributed by atoms with Gasteiger partial charge in [-0.15, -0.1) is 0 Å². The number of halogens is 1. The van der Waals surface area contributed by atoms with E-state index < -0.39 is 0 Å². The van der Waals surface area contributed by atoms with Crippen LogP contribution in [0.2, 0.25) is 5.02 Å². The van der Waals surface area contributed by atoms with Crippen molar-refractivity contribution < 1.29 is 14.3 Å². The second-order valence-electron chi connectivity index (χ2n) is 6.49. The molecule has 0 fully saturated rings. The van der Waals surface area contributed by atoms with Gasteiger partial charge in [0.15, 0.2) is 0 Å². The van der Waals surface area contributed by atoms with Gasteiger partial charge < -0.3 is 14.8 Å². The zero-order valence-electron chi connectivity index (χ0n) is 16.7. The van der Waals surface area contributed by atoms with Crippen LogP contribution in [0.15, 0.2) is 59.4 Å². The van der Waals surface area contributed by atoms with Gasteiger partial charge in [-0.25, -0.2) is 4.68 Å². The number of amides is 1. The lowest BCUT2D eigenvalue weighted by Crippen LogP contribution is -2.28. The van der Waals surface area contributed by atoms with Gasteiger partial charge in [0, 0.05) is 41.2 Å². The van der Waals surface area contributed by atoms with Crippen LogP contribution in [0.25, 0.3) is 11.3 Å². The molecule has 0 unspecified atom stereocenters. The molecule has 0 bridgehead atoms. The molecule has 3 aromatic rings. The number of aromatic nitrogens is 2. The van der Waals surface area contributed by atoms with Gasteiger partial charge in [0.25, 0.3) is 5.56 Å². The molecule has 2 aromatic carbocycles. The second kappa shape index (κ2) is 9.93. The third-order valence-corrected chi connectivity index (χ3v) is 4.78. The monoisotopic (exact) mass is 427 g/mol. The molecule has 0 radical (unpaired) electrons. The number of carbonyl (C=O) groups is 1. The molecule has 7 nitrogen and oxygen atoms in total. The highest BCUT2D eigenvalue weighted by atomic mass is 35.5. The van der Waals surface area contributed by atoms with Crippen LogP contribution in [-0.2, 0) is 17.9 Å². The van der Waals surface area contributed by atoms with Gasteiger partial charge in [-0.3, -0.25) is 9.59 Å². The number of ether oxygens (including phenoxy) is 2. The summed E-state index contributed by atoms with van der Waals surface area (Å²) < 4.78 is 11.8. The zero-order valence-corrected chi connectivity index (χ0v) is 17.5. The molecule has 1 aromatic heterocycles. The van der Waals surface area contributed by atoms with Crippen LogP contribution in [0.4, 0.5) is 0 Å². The fraction of sp³-hybridized carbons (Fsp3) is 0.227. The summed E-state index contributed by atoms with van der Waals surface area (Å²) in [5.74, 6) is 1.11. The highest BCUT2D eigenvalue weighted by Crippen LogP contribution is 2.24. The number of nitrogens with one attached hydrogen (secondary N) is 1. The van der Waals surface area contributed by atoms with E-state index in [0.29, 0.717) is 28.8 Å². The van der Waals surface area contributed by atoms with Crippen molar-refractivity contribution in [3.63, 3.8) is 0 Å². The predicted octanol–water partition coefficient (Wildman–Crippen LogP) is 3.29. The number of carbonyl (C=O) groups excluding carboxylic acids is 1. The Morgan fingerprint density at radius 1 is 1.07 bits per heavy atom. The van der Waals surface area contributed by atoms with Crippen LogP contribution >= 0.6 is 11.6 Å². The van der Waals surface area contributed by atoms with E-state index >= 15 is 0 Å².